The number of imidazole rings is 1. The van der Waals surface area contributed by atoms with Crippen LogP contribution in [-0.4, -0.2) is 144 Å². The van der Waals surface area contributed by atoms with Crippen LogP contribution in [0.15, 0.2) is 221 Å². The molecule has 10 aromatic rings. The molecule has 6 heterocycles. The average molecular weight is 1360 g/mol. The van der Waals surface area contributed by atoms with Crippen molar-refractivity contribution in [3.63, 3.8) is 0 Å². The first kappa shape index (κ1) is 67.3. The number of rotatable bonds is 25. The smallest absolute Gasteiger partial charge is 0.457 e. The summed E-state index contributed by atoms with van der Waals surface area (Å²) in [5.74, 6) is 2.56. The summed E-state index contributed by atoms with van der Waals surface area (Å²) in [4.78, 5) is 60.5. The minimum atomic E-state index is -4.87. The number of aryl methyl sites for hydroxylation is 1. The topological polar surface area (TPSA) is 256 Å². The first-order valence-corrected chi connectivity index (χ1v) is 33.8. The van der Waals surface area contributed by atoms with E-state index in [1.165, 1.54) is 17.1 Å². The fraction of sp³-hybridized carbons (Fsp3) is 0.284. The Hall–Kier alpha value is -10.3. The largest absolute Gasteiger partial charge is 0.497 e. The Morgan fingerprint density at radius 2 is 1.06 bits per heavy atom. The van der Waals surface area contributed by atoms with Gasteiger partial charge in [0.05, 0.1) is 54.1 Å². The van der Waals surface area contributed by atoms with Crippen molar-refractivity contribution >= 4 is 36.6 Å². The summed E-state index contributed by atoms with van der Waals surface area (Å²) in [5.41, 5.74) is 1.61. The molecule has 3 aliphatic heterocycles. The van der Waals surface area contributed by atoms with Gasteiger partial charge in [-0.2, -0.15) is 0 Å². The van der Waals surface area contributed by atoms with Gasteiger partial charge in [0.2, 0.25) is 5.96 Å². The molecule has 99 heavy (non-hydrogen) atoms. The normalized spacial score (nSPS) is 19.2. The zero-order chi connectivity index (χ0) is 68.8. The minimum absolute atomic E-state index is 0.00593. The Morgan fingerprint density at radius 1 is 0.596 bits per heavy atom. The van der Waals surface area contributed by atoms with Crippen LogP contribution in [0.1, 0.15) is 74.6 Å². The van der Waals surface area contributed by atoms with Crippen molar-refractivity contribution in [1.29, 1.82) is 0 Å². The second-order valence-electron chi connectivity index (χ2n) is 24.2. The van der Waals surface area contributed by atoms with Gasteiger partial charge >= 0.3 is 13.4 Å². The number of aromatic amines is 1. The number of likely N-dealkylation sites (N-methyl/N-ethyl adjacent to an activating group) is 2. The van der Waals surface area contributed by atoms with E-state index in [1.807, 2.05) is 188 Å². The van der Waals surface area contributed by atoms with E-state index in [9.17, 15) is 14.4 Å². The third-order valence-corrected chi connectivity index (χ3v) is 19.7. The van der Waals surface area contributed by atoms with Crippen molar-refractivity contribution < 1.29 is 56.3 Å². The Kier molecular flexibility index (Phi) is 19.7. The maximum Gasteiger partial charge on any atom is 0.457 e. The predicted molar refractivity (Wildman–Crippen MR) is 369 cm³/mol. The van der Waals surface area contributed by atoms with Gasteiger partial charge in [0, 0.05) is 57.4 Å². The van der Waals surface area contributed by atoms with Crippen molar-refractivity contribution in [3.05, 3.63) is 272 Å². The number of aromatic nitrogens is 6. The molecule has 7 atom stereocenters. The number of carbonyl (C=O) groups excluding carboxylic acids is 1. The molecule has 0 aliphatic carbocycles. The van der Waals surface area contributed by atoms with Crippen LogP contribution < -0.4 is 35.5 Å². The van der Waals surface area contributed by atoms with E-state index in [2.05, 4.69) is 20.3 Å². The first-order chi connectivity index (χ1) is 48.1. The van der Waals surface area contributed by atoms with E-state index in [0.29, 0.717) is 64.4 Å². The molecule has 3 fully saturated rings. The summed E-state index contributed by atoms with van der Waals surface area (Å²) in [6.07, 6.45) is -2.01. The molecule has 0 bridgehead atoms. The standard InChI is InChI=1S/C74H75N10O14P/c1-48-43-83(72(87)79-69(48)85)64-41-60(97-74(51-21-15-10-16-22-51,54-27-35-58(91-6)36-28-54)55-29-37-59(92-7)38-30-55)63(96-64)45-94-99(88,80-71-81(2)39-40-82(71)3)98-61-42-65(84-47-77-66-67(75-46-76-68(66)84)78-70(86)49-17-11-8-12-18-49)95-62(61)44-93-73(50-19-13-9-14-20-50,52-23-31-56(89-4)32-24-52)53-25-33-57(90-5)34-26-53/h8-38,43,46-47,60-65H,39-42,44-45H2,1-7H3,(H,79,85,87)(H,75,76,78,86)/t60?,61?,62-,63-,64-,65-,99+/m1/s1. The van der Waals surface area contributed by atoms with Gasteiger partial charge < -0.3 is 53.0 Å². The molecule has 3 aromatic heterocycles. The highest BCUT2D eigenvalue weighted by molar-refractivity contribution is 7.52. The maximum atomic E-state index is 16.7. The summed E-state index contributed by atoms with van der Waals surface area (Å²) < 4.78 is 90.7. The molecule has 7 aromatic carbocycles. The molecule has 0 radical (unpaired) electrons. The highest BCUT2D eigenvalue weighted by Gasteiger charge is 2.50. The van der Waals surface area contributed by atoms with Crippen LogP contribution in [0.3, 0.4) is 0 Å². The van der Waals surface area contributed by atoms with Gasteiger partial charge in [0.15, 0.2) is 17.0 Å². The number of guanidine groups is 1. The molecule has 510 valence electrons. The number of anilines is 1. The van der Waals surface area contributed by atoms with Crippen molar-refractivity contribution in [2.24, 2.45) is 4.76 Å². The lowest BCUT2D eigenvalue weighted by Crippen LogP contribution is -2.41. The van der Waals surface area contributed by atoms with Gasteiger partial charge in [-0.15, -0.1) is 4.76 Å². The van der Waals surface area contributed by atoms with Crippen molar-refractivity contribution in [3.8, 4) is 23.0 Å². The Labute approximate surface area is 571 Å². The zero-order valence-electron chi connectivity index (χ0n) is 55.6. The average Bonchev–Trinajstić information content (AvgIpc) is 1.70. The quantitative estimate of drug-likeness (QED) is 0.0398. The number of nitrogens with one attached hydrogen (secondary N) is 2. The van der Waals surface area contributed by atoms with Crippen LogP contribution in [0.5, 0.6) is 23.0 Å². The number of fused-ring (bicyclic) bond motifs is 1. The van der Waals surface area contributed by atoms with Crippen LogP contribution in [0.2, 0.25) is 0 Å². The molecule has 24 nitrogen and oxygen atoms in total. The SMILES string of the molecule is COc1ccc(C(OC[C@H]2O[C@@H](n3cnc4c(NC(=O)c5ccccc5)ncnc43)CC2O[P@](=O)(N=C2N(C)CCN2C)OC[C@H]2O[C@@H](n3cc(C)c(=O)[nH]c3=O)CC2OC(c2ccccc2)(c2ccc(OC)cc2)c2ccc(OC)cc2)(c2ccccc2)c2ccc(OC)cc2)cc1. The molecule has 3 aliphatic rings. The number of hydrogen-bond acceptors (Lipinski definition) is 17. The summed E-state index contributed by atoms with van der Waals surface area (Å²) in [5, 5.41) is 2.90. The fourth-order valence-electron chi connectivity index (χ4n) is 13.0. The summed E-state index contributed by atoms with van der Waals surface area (Å²) >= 11 is 0. The number of carbonyl (C=O) groups is 1. The van der Waals surface area contributed by atoms with Gasteiger partial charge in [0.1, 0.15) is 71.3 Å². The molecule has 0 spiro atoms. The maximum absolute atomic E-state index is 16.7. The second-order valence-corrected chi connectivity index (χ2v) is 25.8. The lowest BCUT2D eigenvalue weighted by atomic mass is 9.79. The molecule has 1 amide bonds. The number of hydrogen-bond donors (Lipinski definition) is 2. The van der Waals surface area contributed by atoms with Crippen LogP contribution >= 0.6 is 7.75 Å². The summed E-state index contributed by atoms with van der Waals surface area (Å²) in [6, 6.07) is 58.5. The molecule has 0 saturated carbocycles. The van der Waals surface area contributed by atoms with E-state index < -0.39 is 79.6 Å². The van der Waals surface area contributed by atoms with Crippen LogP contribution in [-0.2, 0) is 43.8 Å². The van der Waals surface area contributed by atoms with Crippen LogP contribution in [0.25, 0.3) is 11.2 Å². The number of methoxy groups -OCH3 is 4. The first-order valence-electron chi connectivity index (χ1n) is 32.3. The third kappa shape index (κ3) is 13.7. The third-order valence-electron chi connectivity index (χ3n) is 18.2. The molecule has 2 N–H and O–H groups in total. The number of amides is 1. The summed E-state index contributed by atoms with van der Waals surface area (Å²) in [6.45, 7) is 1.98. The number of nitrogens with zero attached hydrogens (tertiary/aromatic N) is 8. The fourth-order valence-corrected chi connectivity index (χ4v) is 14.6. The molecule has 3 saturated heterocycles. The van der Waals surface area contributed by atoms with Crippen molar-refractivity contribution in [2.75, 3.05) is 74.2 Å². The predicted octanol–water partition coefficient (Wildman–Crippen LogP) is 10.7. The highest BCUT2D eigenvalue weighted by atomic mass is 31.2. The van der Waals surface area contributed by atoms with Gasteiger partial charge in [0.25, 0.3) is 11.5 Å². The van der Waals surface area contributed by atoms with E-state index in [4.69, 9.17) is 56.7 Å². The highest BCUT2D eigenvalue weighted by Crippen LogP contribution is 2.56. The molecule has 25 heteroatoms. The minimum Gasteiger partial charge on any atom is -0.497 e. The Bertz CT molecular complexity index is 4540. The number of ether oxygens (including phenoxy) is 8. The van der Waals surface area contributed by atoms with Gasteiger partial charge in [-0.3, -0.25) is 32.8 Å². The Balaban J connectivity index is 0.917. The monoisotopic (exact) mass is 1360 g/mol. The number of benzene rings is 7. The number of H-pyrrole nitrogens is 1. The lowest BCUT2D eigenvalue weighted by molar-refractivity contribution is -0.101. The Morgan fingerprint density at radius 3 is 1.59 bits per heavy atom. The molecule has 13 rings (SSSR count). The van der Waals surface area contributed by atoms with E-state index in [0.717, 1.165) is 22.3 Å². The molecular weight excluding hydrogens is 1280 g/mol. The summed E-state index contributed by atoms with van der Waals surface area (Å²) in [7, 11) is 5.20. The van der Waals surface area contributed by atoms with Gasteiger partial charge in [-0.25, -0.2) is 24.3 Å². The van der Waals surface area contributed by atoms with E-state index in [1.54, 1.807) is 70.5 Å². The molecule has 2 unspecified atom stereocenters. The van der Waals surface area contributed by atoms with Crippen LogP contribution in [0, 0.1) is 6.92 Å². The van der Waals surface area contributed by atoms with Gasteiger partial charge in [-0.05, 0) is 101 Å². The van der Waals surface area contributed by atoms with E-state index >= 15 is 4.57 Å². The van der Waals surface area contributed by atoms with E-state index in [-0.39, 0.29) is 36.3 Å². The van der Waals surface area contributed by atoms with Crippen molar-refractivity contribution in [1.82, 2.24) is 38.9 Å². The lowest BCUT2D eigenvalue weighted by Gasteiger charge is -2.39. The van der Waals surface area contributed by atoms with Gasteiger partial charge in [-0.1, -0.05) is 127 Å². The molecular formula is C74H75N10O14P. The van der Waals surface area contributed by atoms with Crippen molar-refractivity contribution in [2.45, 2.75) is 67.8 Å². The second kappa shape index (κ2) is 29.0. The zero-order valence-corrected chi connectivity index (χ0v) is 56.5. The van der Waals surface area contributed by atoms with Crippen LogP contribution in [0.4, 0.5) is 5.82 Å².